The van der Waals surface area contributed by atoms with Gasteiger partial charge in [-0.2, -0.15) is 0 Å². The van der Waals surface area contributed by atoms with Gasteiger partial charge < -0.3 is 19.2 Å². The number of nitrogens with zero attached hydrogens (tertiary/aromatic N) is 1. The Morgan fingerprint density at radius 1 is 1.41 bits per heavy atom. The van der Waals surface area contributed by atoms with Gasteiger partial charge in [-0.05, 0) is 13.0 Å². The number of benzene rings is 1. The summed E-state index contributed by atoms with van der Waals surface area (Å²) in [6, 6.07) is 5.31. The molecular weight excluding hydrogens is 310 g/mol. The number of halogens is 1. The van der Waals surface area contributed by atoms with E-state index in [4.69, 9.17) is 25.9 Å². The van der Waals surface area contributed by atoms with Crippen LogP contribution < -0.4 is 0 Å². The van der Waals surface area contributed by atoms with Gasteiger partial charge in [0.25, 0.3) is 5.91 Å². The molecule has 1 aliphatic rings. The van der Waals surface area contributed by atoms with Gasteiger partial charge in [0.15, 0.2) is 17.4 Å². The van der Waals surface area contributed by atoms with E-state index in [1.165, 1.54) is 4.90 Å². The third kappa shape index (κ3) is 2.44. The highest BCUT2D eigenvalue weighted by atomic mass is 35.5. The highest BCUT2D eigenvalue weighted by Crippen LogP contribution is 2.31. The SMILES string of the molecule is Cc1c(C(=O)N2CCO[C@@H](C(=O)O)C2)oc2c(Cl)cccc12. The van der Waals surface area contributed by atoms with Crippen LogP contribution in [0.5, 0.6) is 0 Å². The minimum Gasteiger partial charge on any atom is -0.479 e. The molecule has 2 heterocycles. The van der Waals surface area contributed by atoms with Crippen molar-refractivity contribution in [2.45, 2.75) is 13.0 Å². The number of hydrogen-bond acceptors (Lipinski definition) is 4. The topological polar surface area (TPSA) is 80.0 Å². The first kappa shape index (κ1) is 14.9. The quantitative estimate of drug-likeness (QED) is 0.917. The van der Waals surface area contributed by atoms with Crippen LogP contribution >= 0.6 is 11.6 Å². The summed E-state index contributed by atoms with van der Waals surface area (Å²) in [5.74, 6) is -1.24. The molecule has 0 unspecified atom stereocenters. The van der Waals surface area contributed by atoms with Crippen molar-refractivity contribution in [1.29, 1.82) is 0 Å². The minimum absolute atomic E-state index is 0.00160. The number of carbonyl (C=O) groups excluding carboxylic acids is 1. The number of aliphatic carboxylic acids is 1. The van der Waals surface area contributed by atoms with E-state index in [1.54, 1.807) is 19.1 Å². The molecule has 0 aliphatic carbocycles. The summed E-state index contributed by atoms with van der Waals surface area (Å²) in [4.78, 5) is 25.0. The molecule has 2 aromatic rings. The zero-order valence-corrected chi connectivity index (χ0v) is 12.6. The number of morpholine rings is 1. The maximum Gasteiger partial charge on any atom is 0.334 e. The van der Waals surface area contributed by atoms with Gasteiger partial charge in [0, 0.05) is 17.5 Å². The van der Waals surface area contributed by atoms with Crippen LogP contribution in [0.25, 0.3) is 11.0 Å². The molecule has 22 heavy (non-hydrogen) atoms. The fourth-order valence-corrected chi connectivity index (χ4v) is 2.75. The van der Waals surface area contributed by atoms with Crippen LogP contribution in [0.1, 0.15) is 16.1 Å². The van der Waals surface area contributed by atoms with Crippen molar-refractivity contribution in [2.24, 2.45) is 0 Å². The summed E-state index contributed by atoms with van der Waals surface area (Å²) in [7, 11) is 0. The molecule has 1 atom stereocenters. The molecule has 1 fully saturated rings. The Hall–Kier alpha value is -2.05. The molecule has 1 N–H and O–H groups in total. The smallest absolute Gasteiger partial charge is 0.334 e. The van der Waals surface area contributed by atoms with E-state index in [0.717, 1.165) is 5.39 Å². The lowest BCUT2D eigenvalue weighted by Gasteiger charge is -2.30. The second-order valence-corrected chi connectivity index (χ2v) is 5.53. The van der Waals surface area contributed by atoms with E-state index in [1.807, 2.05) is 6.07 Å². The summed E-state index contributed by atoms with van der Waals surface area (Å²) >= 11 is 6.08. The average Bonchev–Trinajstić information content (AvgIpc) is 2.85. The Labute approximate surface area is 131 Å². The number of aryl methyl sites for hydroxylation is 1. The molecule has 1 saturated heterocycles. The summed E-state index contributed by atoms with van der Waals surface area (Å²) in [5, 5.41) is 10.2. The third-order valence-electron chi connectivity index (χ3n) is 3.74. The fourth-order valence-electron chi connectivity index (χ4n) is 2.54. The number of para-hydroxylation sites is 1. The van der Waals surface area contributed by atoms with Gasteiger partial charge in [0.2, 0.25) is 0 Å². The van der Waals surface area contributed by atoms with Crippen molar-refractivity contribution in [1.82, 2.24) is 4.90 Å². The van der Waals surface area contributed by atoms with E-state index in [2.05, 4.69) is 0 Å². The zero-order valence-electron chi connectivity index (χ0n) is 11.8. The van der Waals surface area contributed by atoms with Crippen LogP contribution in [-0.2, 0) is 9.53 Å². The average molecular weight is 324 g/mol. The molecule has 1 amide bonds. The van der Waals surface area contributed by atoms with Gasteiger partial charge in [-0.25, -0.2) is 4.79 Å². The van der Waals surface area contributed by atoms with Crippen LogP contribution in [0.4, 0.5) is 0 Å². The molecule has 0 radical (unpaired) electrons. The van der Waals surface area contributed by atoms with Crippen LogP contribution in [-0.4, -0.2) is 47.7 Å². The summed E-state index contributed by atoms with van der Waals surface area (Å²) in [5.41, 5.74) is 1.16. The van der Waals surface area contributed by atoms with Crippen LogP contribution in [0, 0.1) is 6.92 Å². The number of amides is 1. The molecule has 1 aromatic heterocycles. The molecule has 116 valence electrons. The molecule has 1 aliphatic heterocycles. The van der Waals surface area contributed by atoms with Crippen molar-refractivity contribution < 1.29 is 23.8 Å². The standard InChI is InChI=1S/C15H14ClNO5/c1-8-9-3-2-4-10(16)13(9)22-12(8)14(18)17-5-6-21-11(7-17)15(19)20/h2-4,11H,5-7H2,1H3,(H,19,20)/t11-/m1/s1. The zero-order chi connectivity index (χ0) is 15.9. The van der Waals surface area contributed by atoms with Gasteiger partial charge in [-0.15, -0.1) is 0 Å². The number of rotatable bonds is 2. The van der Waals surface area contributed by atoms with Gasteiger partial charge in [-0.1, -0.05) is 23.7 Å². The number of fused-ring (bicyclic) bond motifs is 1. The van der Waals surface area contributed by atoms with Gasteiger partial charge in [-0.3, -0.25) is 4.79 Å². The monoisotopic (exact) mass is 323 g/mol. The fraction of sp³-hybridized carbons (Fsp3) is 0.333. The molecule has 0 saturated carbocycles. The summed E-state index contributed by atoms with van der Waals surface area (Å²) < 4.78 is 10.7. The normalized spacial score (nSPS) is 18.6. The lowest BCUT2D eigenvalue weighted by atomic mass is 10.1. The van der Waals surface area contributed by atoms with E-state index in [9.17, 15) is 9.59 Å². The number of ether oxygens (including phenoxy) is 1. The summed E-state index contributed by atoms with van der Waals surface area (Å²) in [6.45, 7) is 2.29. The molecule has 3 rings (SSSR count). The van der Waals surface area contributed by atoms with E-state index in [-0.39, 0.29) is 24.8 Å². The number of carbonyl (C=O) groups is 2. The van der Waals surface area contributed by atoms with Crippen molar-refractivity contribution in [3.63, 3.8) is 0 Å². The Bertz CT molecular complexity index is 754. The largest absolute Gasteiger partial charge is 0.479 e. The maximum absolute atomic E-state index is 12.6. The number of furan rings is 1. The number of hydrogen-bond donors (Lipinski definition) is 1. The van der Waals surface area contributed by atoms with Crippen molar-refractivity contribution >= 4 is 34.4 Å². The van der Waals surface area contributed by atoms with E-state index < -0.39 is 12.1 Å². The lowest BCUT2D eigenvalue weighted by Crippen LogP contribution is -2.48. The highest BCUT2D eigenvalue weighted by Gasteiger charge is 2.32. The second kappa shape index (κ2) is 5.62. The molecule has 6 nitrogen and oxygen atoms in total. The first-order chi connectivity index (χ1) is 10.5. The van der Waals surface area contributed by atoms with Gasteiger partial charge >= 0.3 is 5.97 Å². The minimum atomic E-state index is -1.08. The van der Waals surface area contributed by atoms with Crippen LogP contribution in [0.15, 0.2) is 22.6 Å². The maximum atomic E-state index is 12.6. The molecule has 1 aromatic carbocycles. The first-order valence-electron chi connectivity index (χ1n) is 6.80. The van der Waals surface area contributed by atoms with Crippen LogP contribution in [0.3, 0.4) is 0 Å². The predicted octanol–water partition coefficient (Wildman–Crippen LogP) is 2.32. The third-order valence-corrected chi connectivity index (χ3v) is 4.04. The second-order valence-electron chi connectivity index (χ2n) is 5.12. The number of carboxylic acid groups (broad SMARTS) is 1. The summed E-state index contributed by atoms with van der Waals surface area (Å²) in [6.07, 6.45) is -1.01. The van der Waals surface area contributed by atoms with Crippen LogP contribution in [0.2, 0.25) is 5.02 Å². The molecular formula is C15H14ClNO5. The lowest BCUT2D eigenvalue weighted by molar-refractivity contribution is -0.154. The van der Waals surface area contributed by atoms with Crippen molar-refractivity contribution in [3.05, 3.63) is 34.5 Å². The van der Waals surface area contributed by atoms with E-state index in [0.29, 0.717) is 22.7 Å². The Morgan fingerprint density at radius 2 is 2.18 bits per heavy atom. The van der Waals surface area contributed by atoms with Crippen molar-refractivity contribution in [3.8, 4) is 0 Å². The van der Waals surface area contributed by atoms with E-state index >= 15 is 0 Å². The predicted molar refractivity (Wildman–Crippen MR) is 79.2 cm³/mol. The van der Waals surface area contributed by atoms with Gasteiger partial charge in [0.05, 0.1) is 18.2 Å². The molecule has 0 spiro atoms. The molecule has 0 bridgehead atoms. The molecule has 7 heteroatoms. The highest BCUT2D eigenvalue weighted by molar-refractivity contribution is 6.35. The van der Waals surface area contributed by atoms with Gasteiger partial charge in [0.1, 0.15) is 0 Å². The number of carboxylic acids is 1. The first-order valence-corrected chi connectivity index (χ1v) is 7.18. The van der Waals surface area contributed by atoms with Crippen molar-refractivity contribution in [2.75, 3.05) is 19.7 Å². The Balaban J connectivity index is 1.94. The Kier molecular flexibility index (Phi) is 3.80. The Morgan fingerprint density at radius 3 is 2.86 bits per heavy atom.